The molecule has 0 spiro atoms. The van der Waals surface area contributed by atoms with Gasteiger partial charge in [0, 0.05) is 11.8 Å². The molecule has 2 aromatic heterocycles. The van der Waals surface area contributed by atoms with Gasteiger partial charge in [0.2, 0.25) is 0 Å². The summed E-state index contributed by atoms with van der Waals surface area (Å²) in [6.45, 7) is 0. The highest BCUT2D eigenvalue weighted by Gasteiger charge is 2.12. The van der Waals surface area contributed by atoms with Crippen LogP contribution in [0.15, 0.2) is 42.7 Å². The van der Waals surface area contributed by atoms with Crippen LogP contribution in [0.3, 0.4) is 0 Å². The van der Waals surface area contributed by atoms with Crippen molar-refractivity contribution in [3.05, 3.63) is 59.1 Å². The summed E-state index contributed by atoms with van der Waals surface area (Å²) in [6, 6.07) is 8.91. The average Bonchev–Trinajstić information content (AvgIpc) is 2.80. The van der Waals surface area contributed by atoms with Crippen molar-refractivity contribution in [3.63, 3.8) is 0 Å². The van der Waals surface area contributed by atoms with Crippen LogP contribution in [-0.2, 0) is 6.42 Å². The molecular formula is C14H9FN2OS. The first-order valence-electron chi connectivity index (χ1n) is 5.70. The molecule has 0 amide bonds. The highest BCUT2D eigenvalue weighted by Crippen LogP contribution is 2.22. The van der Waals surface area contributed by atoms with Crippen molar-refractivity contribution < 1.29 is 9.18 Å². The van der Waals surface area contributed by atoms with Crippen molar-refractivity contribution in [1.82, 2.24) is 9.97 Å². The number of carbonyl (C=O) groups is 1. The van der Waals surface area contributed by atoms with Gasteiger partial charge in [0.05, 0.1) is 22.8 Å². The Morgan fingerprint density at radius 3 is 2.89 bits per heavy atom. The van der Waals surface area contributed by atoms with Crippen molar-refractivity contribution in [3.8, 4) is 0 Å². The molecule has 0 aliphatic carbocycles. The van der Waals surface area contributed by atoms with Gasteiger partial charge in [0.25, 0.3) is 0 Å². The number of halogens is 1. The fourth-order valence-electron chi connectivity index (χ4n) is 1.80. The van der Waals surface area contributed by atoms with Crippen LogP contribution in [0.25, 0.3) is 10.2 Å². The van der Waals surface area contributed by atoms with E-state index in [0.29, 0.717) is 0 Å². The lowest BCUT2D eigenvalue weighted by atomic mass is 10.1. The largest absolute Gasteiger partial charge is 0.294 e. The lowest BCUT2D eigenvalue weighted by Crippen LogP contribution is -2.04. The Labute approximate surface area is 112 Å². The number of thiazole rings is 1. The van der Waals surface area contributed by atoms with E-state index >= 15 is 0 Å². The molecule has 5 heteroatoms. The molecular weight excluding hydrogens is 263 g/mol. The van der Waals surface area contributed by atoms with Crippen LogP contribution in [0, 0.1) is 5.82 Å². The fraction of sp³-hybridized carbons (Fsp3) is 0.0714. The van der Waals surface area contributed by atoms with Crippen LogP contribution in [-0.4, -0.2) is 15.8 Å². The van der Waals surface area contributed by atoms with E-state index in [1.165, 1.54) is 23.6 Å². The Balaban J connectivity index is 1.86. The summed E-state index contributed by atoms with van der Waals surface area (Å²) in [6.07, 6.45) is 2.62. The molecule has 1 aromatic carbocycles. The highest BCUT2D eigenvalue weighted by molar-refractivity contribution is 7.18. The summed E-state index contributed by atoms with van der Waals surface area (Å²) < 4.78 is 14.1. The zero-order chi connectivity index (χ0) is 13.2. The van der Waals surface area contributed by atoms with Crippen molar-refractivity contribution in [2.45, 2.75) is 6.42 Å². The number of nitrogens with zero attached hydrogens (tertiary/aromatic N) is 2. The third-order valence-electron chi connectivity index (χ3n) is 2.68. The lowest BCUT2D eigenvalue weighted by molar-refractivity contribution is 0.0992. The van der Waals surface area contributed by atoms with Crippen molar-refractivity contribution >= 4 is 27.3 Å². The molecule has 0 aliphatic rings. The molecule has 0 fully saturated rings. The van der Waals surface area contributed by atoms with Crippen LogP contribution in [0.2, 0.25) is 0 Å². The molecule has 0 aliphatic heterocycles. The van der Waals surface area contributed by atoms with Crippen LogP contribution in [0.1, 0.15) is 15.4 Å². The minimum atomic E-state index is -0.504. The van der Waals surface area contributed by atoms with Gasteiger partial charge in [0.1, 0.15) is 10.8 Å². The van der Waals surface area contributed by atoms with E-state index in [0.717, 1.165) is 21.4 Å². The SMILES string of the molecule is O=C(Cc1nc2ccccc2s1)c1cncc(F)c1. The minimum Gasteiger partial charge on any atom is -0.294 e. The molecule has 0 saturated heterocycles. The third kappa shape index (κ3) is 2.51. The molecule has 0 unspecified atom stereocenters. The molecule has 3 aromatic rings. The number of hydrogen-bond acceptors (Lipinski definition) is 4. The molecule has 3 rings (SSSR count). The van der Waals surface area contributed by atoms with E-state index in [9.17, 15) is 9.18 Å². The smallest absolute Gasteiger partial charge is 0.171 e. The van der Waals surface area contributed by atoms with E-state index in [4.69, 9.17) is 0 Å². The van der Waals surface area contributed by atoms with Crippen molar-refractivity contribution in [2.75, 3.05) is 0 Å². The standard InChI is InChI=1S/C14H9FN2OS/c15-10-5-9(7-16-8-10)12(18)6-14-17-11-3-1-2-4-13(11)19-14/h1-5,7-8H,6H2. The van der Waals surface area contributed by atoms with Gasteiger partial charge in [-0.1, -0.05) is 12.1 Å². The predicted molar refractivity (Wildman–Crippen MR) is 71.8 cm³/mol. The molecule has 0 N–H and O–H groups in total. The first-order chi connectivity index (χ1) is 9.22. The maximum Gasteiger partial charge on any atom is 0.171 e. The zero-order valence-corrected chi connectivity index (χ0v) is 10.7. The maximum absolute atomic E-state index is 13.0. The summed E-state index contributed by atoms with van der Waals surface area (Å²) >= 11 is 1.48. The number of ketones is 1. The molecule has 3 nitrogen and oxygen atoms in total. The lowest BCUT2D eigenvalue weighted by Gasteiger charge is -1.97. The number of para-hydroxylation sites is 1. The Hall–Kier alpha value is -2.14. The van der Waals surface area contributed by atoms with E-state index < -0.39 is 5.82 Å². The second-order valence-corrected chi connectivity index (χ2v) is 5.18. The monoisotopic (exact) mass is 272 g/mol. The van der Waals surface area contributed by atoms with Gasteiger partial charge < -0.3 is 0 Å². The van der Waals surface area contributed by atoms with Crippen molar-refractivity contribution in [2.24, 2.45) is 0 Å². The highest BCUT2D eigenvalue weighted by atomic mass is 32.1. The molecule has 0 bridgehead atoms. The van der Waals surface area contributed by atoms with Crippen LogP contribution in [0.4, 0.5) is 4.39 Å². The number of Topliss-reactive ketones (excluding diaryl/α,β-unsaturated/α-hetero) is 1. The number of aromatic nitrogens is 2. The number of carbonyl (C=O) groups excluding carboxylic acids is 1. The van der Waals surface area contributed by atoms with Gasteiger partial charge in [-0.2, -0.15) is 0 Å². The van der Waals surface area contributed by atoms with Gasteiger partial charge in [-0.15, -0.1) is 11.3 Å². The van der Waals surface area contributed by atoms with E-state index in [-0.39, 0.29) is 17.8 Å². The zero-order valence-electron chi connectivity index (χ0n) is 9.84. The number of benzene rings is 1. The molecule has 0 saturated carbocycles. The summed E-state index contributed by atoms with van der Waals surface area (Å²) in [5.41, 5.74) is 1.16. The summed E-state index contributed by atoms with van der Waals surface area (Å²) in [5.74, 6) is -0.679. The quantitative estimate of drug-likeness (QED) is 0.687. The number of rotatable bonds is 3. The van der Waals surface area contributed by atoms with Gasteiger partial charge in [-0.05, 0) is 18.2 Å². The summed E-state index contributed by atoms with van der Waals surface area (Å²) in [5, 5.41) is 0.732. The van der Waals surface area contributed by atoms with Gasteiger partial charge in [-0.3, -0.25) is 9.78 Å². The topological polar surface area (TPSA) is 42.9 Å². The third-order valence-corrected chi connectivity index (χ3v) is 3.71. The molecule has 0 radical (unpaired) electrons. The Morgan fingerprint density at radius 1 is 1.26 bits per heavy atom. The second kappa shape index (κ2) is 4.85. The van der Waals surface area contributed by atoms with E-state index in [1.807, 2.05) is 24.3 Å². The Morgan fingerprint density at radius 2 is 2.11 bits per heavy atom. The molecule has 0 atom stereocenters. The number of pyridine rings is 1. The van der Waals surface area contributed by atoms with E-state index in [2.05, 4.69) is 9.97 Å². The average molecular weight is 272 g/mol. The molecule has 19 heavy (non-hydrogen) atoms. The molecule has 94 valence electrons. The van der Waals surface area contributed by atoms with Crippen LogP contribution < -0.4 is 0 Å². The second-order valence-electron chi connectivity index (χ2n) is 4.07. The Bertz CT molecular complexity index is 721. The summed E-state index contributed by atoms with van der Waals surface area (Å²) in [7, 11) is 0. The fourth-order valence-corrected chi connectivity index (χ4v) is 2.77. The minimum absolute atomic E-state index is 0.171. The molecule has 2 heterocycles. The maximum atomic E-state index is 13.0. The number of hydrogen-bond donors (Lipinski definition) is 0. The first-order valence-corrected chi connectivity index (χ1v) is 6.52. The Kier molecular flexibility index (Phi) is 3.05. The van der Waals surface area contributed by atoms with Gasteiger partial charge in [-0.25, -0.2) is 9.37 Å². The predicted octanol–water partition coefficient (Wildman–Crippen LogP) is 3.26. The van der Waals surface area contributed by atoms with Gasteiger partial charge in [0.15, 0.2) is 5.78 Å². The van der Waals surface area contributed by atoms with Crippen molar-refractivity contribution in [1.29, 1.82) is 0 Å². The van der Waals surface area contributed by atoms with E-state index in [1.54, 1.807) is 0 Å². The van der Waals surface area contributed by atoms with Crippen LogP contribution >= 0.6 is 11.3 Å². The van der Waals surface area contributed by atoms with Crippen LogP contribution in [0.5, 0.6) is 0 Å². The summed E-state index contributed by atoms with van der Waals surface area (Å²) in [4.78, 5) is 20.1. The number of fused-ring (bicyclic) bond motifs is 1. The van der Waals surface area contributed by atoms with Gasteiger partial charge >= 0.3 is 0 Å². The normalized spacial score (nSPS) is 10.8. The first kappa shape index (κ1) is 11.9.